The highest BCUT2D eigenvalue weighted by Crippen LogP contribution is 2.19. The summed E-state index contributed by atoms with van der Waals surface area (Å²) in [5.41, 5.74) is 2.28. The lowest BCUT2D eigenvalue weighted by atomic mass is 10.2. The molecule has 22 heavy (non-hydrogen) atoms. The molecule has 0 aliphatic rings. The van der Waals surface area contributed by atoms with Gasteiger partial charge in [0.1, 0.15) is 6.07 Å². The third-order valence-electron chi connectivity index (χ3n) is 3.71. The number of likely N-dealkylation sites (N-methyl/N-ethyl adjacent to an activating group) is 1. The second kappa shape index (κ2) is 7.21. The van der Waals surface area contributed by atoms with Gasteiger partial charge in [0.15, 0.2) is 0 Å². The summed E-state index contributed by atoms with van der Waals surface area (Å²) >= 11 is 1.70. The fourth-order valence-electron chi connectivity index (χ4n) is 2.06. The Morgan fingerprint density at radius 2 is 2.14 bits per heavy atom. The molecule has 0 saturated carbocycles. The molecule has 0 aliphatic heterocycles. The number of nitrogens with zero attached hydrogens (tertiary/aromatic N) is 2. The van der Waals surface area contributed by atoms with E-state index in [1.807, 2.05) is 18.9 Å². The molecule has 0 saturated heterocycles. The highest BCUT2D eigenvalue weighted by Gasteiger charge is 2.20. The zero-order chi connectivity index (χ0) is 16.1. The zero-order valence-electron chi connectivity index (χ0n) is 13.0. The van der Waals surface area contributed by atoms with Gasteiger partial charge >= 0.3 is 0 Å². The Morgan fingerprint density at radius 3 is 2.77 bits per heavy atom. The van der Waals surface area contributed by atoms with Gasteiger partial charge in [-0.05, 0) is 50.0 Å². The largest absolute Gasteiger partial charge is 0.324 e. The van der Waals surface area contributed by atoms with Gasteiger partial charge in [-0.25, -0.2) is 0 Å². The number of amides is 1. The highest BCUT2D eigenvalue weighted by atomic mass is 32.1. The summed E-state index contributed by atoms with van der Waals surface area (Å²) in [5, 5.41) is 14.0. The van der Waals surface area contributed by atoms with Gasteiger partial charge in [-0.1, -0.05) is 12.1 Å². The zero-order valence-corrected chi connectivity index (χ0v) is 13.8. The second-order valence-electron chi connectivity index (χ2n) is 5.26. The molecule has 114 valence electrons. The fraction of sp³-hybridized carbons (Fsp3) is 0.294. The Hall–Kier alpha value is -2.16. The van der Waals surface area contributed by atoms with Gasteiger partial charge < -0.3 is 5.32 Å². The number of carbonyl (C=O) groups excluding carboxylic acids is 1. The molecule has 1 amide bonds. The molecule has 0 spiro atoms. The topological polar surface area (TPSA) is 56.1 Å². The first kappa shape index (κ1) is 16.2. The molecule has 1 atom stereocenters. The highest BCUT2D eigenvalue weighted by molar-refractivity contribution is 7.10. The minimum atomic E-state index is -0.284. The maximum absolute atomic E-state index is 12.4. The SMILES string of the molecule is Cc1ccsc1CN(C)[C@@H](C)C(=O)Nc1ccccc1C#N. The number of nitrogens with one attached hydrogen (secondary N) is 1. The van der Waals surface area contributed by atoms with Crippen molar-refractivity contribution in [2.75, 3.05) is 12.4 Å². The van der Waals surface area contributed by atoms with Gasteiger partial charge in [-0.15, -0.1) is 11.3 Å². The molecule has 0 radical (unpaired) electrons. The first-order chi connectivity index (χ1) is 10.5. The third-order valence-corrected chi connectivity index (χ3v) is 4.71. The molecule has 0 unspecified atom stereocenters. The Morgan fingerprint density at radius 1 is 1.41 bits per heavy atom. The first-order valence-corrected chi connectivity index (χ1v) is 7.94. The summed E-state index contributed by atoms with van der Waals surface area (Å²) in [6.07, 6.45) is 0. The van der Waals surface area contributed by atoms with Gasteiger partial charge in [0.25, 0.3) is 0 Å². The van der Waals surface area contributed by atoms with Crippen LogP contribution >= 0.6 is 11.3 Å². The summed E-state index contributed by atoms with van der Waals surface area (Å²) in [7, 11) is 1.93. The van der Waals surface area contributed by atoms with Gasteiger partial charge in [0.05, 0.1) is 17.3 Å². The summed E-state index contributed by atoms with van der Waals surface area (Å²) in [5.74, 6) is -0.112. The number of para-hydroxylation sites is 1. The Balaban J connectivity index is 2.03. The van der Waals surface area contributed by atoms with Gasteiger partial charge in [0, 0.05) is 11.4 Å². The number of hydrogen-bond acceptors (Lipinski definition) is 4. The summed E-state index contributed by atoms with van der Waals surface area (Å²) in [4.78, 5) is 15.6. The molecule has 5 heteroatoms. The standard InChI is InChI=1S/C17H19N3OS/c1-12-8-9-22-16(12)11-20(3)13(2)17(21)19-15-7-5-4-6-14(15)10-18/h4-9,13H,11H2,1-3H3,(H,19,21)/t13-/m0/s1. The first-order valence-electron chi connectivity index (χ1n) is 7.06. The summed E-state index contributed by atoms with van der Waals surface area (Å²) in [6, 6.07) is 10.9. The molecule has 4 nitrogen and oxygen atoms in total. The van der Waals surface area contributed by atoms with Crippen molar-refractivity contribution < 1.29 is 4.79 Å². The minimum absolute atomic E-state index is 0.112. The quantitative estimate of drug-likeness (QED) is 0.920. The maximum atomic E-state index is 12.4. The third kappa shape index (κ3) is 3.73. The number of aryl methyl sites for hydroxylation is 1. The Kier molecular flexibility index (Phi) is 5.31. The monoisotopic (exact) mass is 313 g/mol. The van der Waals surface area contributed by atoms with Crippen LogP contribution in [0.5, 0.6) is 0 Å². The molecule has 2 rings (SSSR count). The second-order valence-corrected chi connectivity index (χ2v) is 6.27. The van der Waals surface area contributed by atoms with Crippen molar-refractivity contribution in [3.63, 3.8) is 0 Å². The van der Waals surface area contributed by atoms with Crippen molar-refractivity contribution in [2.45, 2.75) is 26.4 Å². The molecule has 1 N–H and O–H groups in total. The molecule has 1 aromatic heterocycles. The maximum Gasteiger partial charge on any atom is 0.241 e. The van der Waals surface area contributed by atoms with E-state index in [2.05, 4.69) is 29.8 Å². The molecule has 0 aliphatic carbocycles. The lowest BCUT2D eigenvalue weighted by molar-refractivity contribution is -0.120. The van der Waals surface area contributed by atoms with Gasteiger partial charge in [0.2, 0.25) is 5.91 Å². The number of anilines is 1. The predicted molar refractivity (Wildman–Crippen MR) is 89.8 cm³/mol. The molecule has 0 fully saturated rings. The van der Waals surface area contributed by atoms with Crippen molar-refractivity contribution in [3.05, 3.63) is 51.7 Å². The van der Waals surface area contributed by atoms with Crippen molar-refractivity contribution >= 4 is 22.9 Å². The molecular formula is C17H19N3OS. The van der Waals surface area contributed by atoms with Crippen LogP contribution in [0, 0.1) is 18.3 Å². The van der Waals surface area contributed by atoms with E-state index in [0.29, 0.717) is 11.3 Å². The van der Waals surface area contributed by atoms with E-state index in [1.165, 1.54) is 10.4 Å². The van der Waals surface area contributed by atoms with Crippen LogP contribution in [-0.4, -0.2) is 23.9 Å². The van der Waals surface area contributed by atoms with Gasteiger partial charge in [-0.3, -0.25) is 9.69 Å². The van der Waals surface area contributed by atoms with E-state index in [9.17, 15) is 4.79 Å². The number of thiophene rings is 1. The van der Waals surface area contributed by atoms with E-state index < -0.39 is 0 Å². The Labute approximate surface area is 135 Å². The van der Waals surface area contributed by atoms with E-state index in [0.717, 1.165) is 6.54 Å². The number of hydrogen-bond donors (Lipinski definition) is 1. The fourth-order valence-corrected chi connectivity index (χ4v) is 3.03. The number of rotatable bonds is 5. The van der Waals surface area contributed by atoms with Crippen molar-refractivity contribution in [1.82, 2.24) is 4.90 Å². The lowest BCUT2D eigenvalue weighted by Gasteiger charge is -2.23. The molecule has 1 aromatic carbocycles. The minimum Gasteiger partial charge on any atom is -0.324 e. The summed E-state index contributed by atoms with van der Waals surface area (Å²) in [6.45, 7) is 4.68. The van der Waals surface area contributed by atoms with Gasteiger partial charge in [-0.2, -0.15) is 5.26 Å². The van der Waals surface area contributed by atoms with Crippen molar-refractivity contribution in [2.24, 2.45) is 0 Å². The number of nitriles is 1. The van der Waals surface area contributed by atoms with Crippen molar-refractivity contribution in [1.29, 1.82) is 5.26 Å². The normalized spacial score (nSPS) is 12.0. The predicted octanol–water partition coefficient (Wildman–Crippen LogP) is 3.39. The van der Waals surface area contributed by atoms with Crippen LogP contribution in [0.15, 0.2) is 35.7 Å². The molecular weight excluding hydrogens is 294 g/mol. The number of carbonyl (C=O) groups is 1. The smallest absolute Gasteiger partial charge is 0.241 e. The average molecular weight is 313 g/mol. The average Bonchev–Trinajstić information content (AvgIpc) is 2.92. The van der Waals surface area contributed by atoms with E-state index in [-0.39, 0.29) is 11.9 Å². The molecule has 1 heterocycles. The Bertz CT molecular complexity index is 702. The van der Waals surface area contributed by atoms with Crippen molar-refractivity contribution in [3.8, 4) is 6.07 Å². The lowest BCUT2D eigenvalue weighted by Crippen LogP contribution is -2.39. The van der Waals surface area contributed by atoms with Crippen LogP contribution in [-0.2, 0) is 11.3 Å². The molecule has 0 bridgehead atoms. The van der Waals surface area contributed by atoms with Crippen LogP contribution in [0.1, 0.15) is 22.9 Å². The van der Waals surface area contributed by atoms with E-state index in [1.54, 1.807) is 35.6 Å². The van der Waals surface area contributed by atoms with E-state index in [4.69, 9.17) is 5.26 Å². The number of benzene rings is 1. The van der Waals surface area contributed by atoms with Crippen LogP contribution in [0.25, 0.3) is 0 Å². The van der Waals surface area contributed by atoms with Crippen LogP contribution < -0.4 is 5.32 Å². The van der Waals surface area contributed by atoms with Crippen LogP contribution in [0.2, 0.25) is 0 Å². The summed E-state index contributed by atoms with van der Waals surface area (Å²) < 4.78 is 0. The van der Waals surface area contributed by atoms with Crippen LogP contribution in [0.4, 0.5) is 5.69 Å². The molecule has 2 aromatic rings. The van der Waals surface area contributed by atoms with Crippen LogP contribution in [0.3, 0.4) is 0 Å². The van der Waals surface area contributed by atoms with E-state index >= 15 is 0 Å².